The van der Waals surface area contributed by atoms with Crippen LogP contribution in [0, 0.1) is 6.92 Å². The van der Waals surface area contributed by atoms with Gasteiger partial charge < -0.3 is 10.4 Å². The highest BCUT2D eigenvalue weighted by Gasteiger charge is 2.38. The van der Waals surface area contributed by atoms with Crippen LogP contribution in [0.1, 0.15) is 66.0 Å². The van der Waals surface area contributed by atoms with Crippen LogP contribution in [0.5, 0.6) is 0 Å². The van der Waals surface area contributed by atoms with Crippen LogP contribution >= 0.6 is 11.8 Å². The maximum Gasteiger partial charge on any atom is 0.335 e. The highest BCUT2D eigenvalue weighted by molar-refractivity contribution is 8.00. The minimum absolute atomic E-state index is 0.0323. The molecular weight excluding hydrogens is 358 g/mol. The molecule has 3 rings (SSSR count). The SMILES string of the molecule is Cc1cc(C(=O)Nc2ccc3c(c2)C(C)(C)CC(C)(C)S3)ccc1C(=O)O. The first kappa shape index (κ1) is 19.5. The predicted octanol–water partition coefficient (Wildman–Crippen LogP) is 5.50. The van der Waals surface area contributed by atoms with Gasteiger partial charge >= 0.3 is 5.97 Å². The number of aromatic carboxylic acids is 1. The monoisotopic (exact) mass is 383 g/mol. The summed E-state index contributed by atoms with van der Waals surface area (Å²) in [4.78, 5) is 25.0. The third kappa shape index (κ3) is 4.03. The number of aryl methyl sites for hydroxylation is 1. The zero-order chi connectivity index (χ0) is 20.0. The minimum Gasteiger partial charge on any atom is -0.478 e. The molecule has 2 aromatic rings. The van der Waals surface area contributed by atoms with Gasteiger partial charge in [0.15, 0.2) is 0 Å². The quantitative estimate of drug-likeness (QED) is 0.735. The summed E-state index contributed by atoms with van der Waals surface area (Å²) in [6.45, 7) is 10.7. The number of thioether (sulfide) groups is 1. The molecule has 1 aliphatic heterocycles. The van der Waals surface area contributed by atoms with Crippen LogP contribution in [0.4, 0.5) is 5.69 Å². The number of benzene rings is 2. The van der Waals surface area contributed by atoms with E-state index in [-0.39, 0.29) is 21.6 Å². The molecule has 0 aliphatic carbocycles. The van der Waals surface area contributed by atoms with E-state index in [9.17, 15) is 9.59 Å². The van der Waals surface area contributed by atoms with Crippen LogP contribution in [0.2, 0.25) is 0 Å². The fourth-order valence-electron chi connectivity index (χ4n) is 3.97. The van der Waals surface area contributed by atoms with E-state index < -0.39 is 5.97 Å². The van der Waals surface area contributed by atoms with Crippen molar-refractivity contribution in [2.45, 2.75) is 56.1 Å². The molecule has 1 amide bonds. The second-order valence-corrected chi connectivity index (χ2v) is 10.2. The summed E-state index contributed by atoms with van der Waals surface area (Å²) in [6, 6.07) is 10.7. The van der Waals surface area contributed by atoms with Gasteiger partial charge in [0.1, 0.15) is 0 Å². The molecule has 0 atom stereocenters. The predicted molar refractivity (Wildman–Crippen MR) is 110 cm³/mol. The number of rotatable bonds is 3. The van der Waals surface area contributed by atoms with Crippen molar-refractivity contribution in [3.05, 3.63) is 58.7 Å². The summed E-state index contributed by atoms with van der Waals surface area (Å²) in [7, 11) is 0. The molecule has 0 unspecified atom stereocenters. The molecule has 5 heteroatoms. The Balaban J connectivity index is 1.86. The van der Waals surface area contributed by atoms with Crippen molar-refractivity contribution >= 4 is 29.3 Å². The molecule has 0 bridgehead atoms. The van der Waals surface area contributed by atoms with Crippen LogP contribution in [0.25, 0.3) is 0 Å². The molecule has 2 N–H and O–H groups in total. The van der Waals surface area contributed by atoms with Crippen LogP contribution in [0.3, 0.4) is 0 Å². The summed E-state index contributed by atoms with van der Waals surface area (Å²) in [5.41, 5.74) is 3.27. The molecule has 0 saturated carbocycles. The molecule has 1 heterocycles. The third-order valence-corrected chi connectivity index (χ3v) is 6.21. The number of hydrogen-bond donors (Lipinski definition) is 2. The lowest BCUT2D eigenvalue weighted by atomic mass is 9.77. The minimum atomic E-state index is -0.989. The number of carboxylic acid groups (broad SMARTS) is 1. The van der Waals surface area contributed by atoms with Gasteiger partial charge in [0.2, 0.25) is 0 Å². The van der Waals surface area contributed by atoms with Gasteiger partial charge in [-0.2, -0.15) is 0 Å². The van der Waals surface area contributed by atoms with Crippen molar-refractivity contribution in [2.75, 3.05) is 5.32 Å². The molecule has 0 spiro atoms. The normalized spacial score (nSPS) is 17.1. The number of nitrogens with one attached hydrogen (secondary N) is 1. The molecule has 142 valence electrons. The van der Waals surface area contributed by atoms with Crippen LogP contribution in [-0.2, 0) is 5.41 Å². The first-order valence-corrected chi connectivity index (χ1v) is 9.79. The van der Waals surface area contributed by atoms with Crippen molar-refractivity contribution in [3.8, 4) is 0 Å². The molecule has 4 nitrogen and oxygen atoms in total. The summed E-state index contributed by atoms with van der Waals surface area (Å²) < 4.78 is 0.185. The molecule has 1 aliphatic rings. The number of carboxylic acids is 1. The zero-order valence-corrected chi connectivity index (χ0v) is 17.2. The lowest BCUT2D eigenvalue weighted by molar-refractivity contribution is 0.0695. The van der Waals surface area contributed by atoms with Crippen molar-refractivity contribution in [2.24, 2.45) is 0 Å². The van der Waals surface area contributed by atoms with Gasteiger partial charge in [-0.05, 0) is 66.3 Å². The summed E-state index contributed by atoms with van der Waals surface area (Å²) in [6.07, 6.45) is 1.06. The Morgan fingerprint density at radius 1 is 1.07 bits per heavy atom. The second-order valence-electron chi connectivity index (χ2n) is 8.42. The number of carbonyl (C=O) groups excluding carboxylic acids is 1. The van der Waals surface area contributed by atoms with Crippen LogP contribution in [-0.4, -0.2) is 21.7 Å². The van der Waals surface area contributed by atoms with E-state index in [0.29, 0.717) is 11.1 Å². The van der Waals surface area contributed by atoms with E-state index in [0.717, 1.165) is 12.1 Å². The summed E-state index contributed by atoms with van der Waals surface area (Å²) in [5.74, 6) is -1.23. The van der Waals surface area contributed by atoms with E-state index >= 15 is 0 Å². The van der Waals surface area contributed by atoms with Gasteiger partial charge in [-0.1, -0.05) is 27.7 Å². The molecule has 0 aromatic heterocycles. The third-order valence-electron chi connectivity index (χ3n) is 4.94. The van der Waals surface area contributed by atoms with E-state index in [1.54, 1.807) is 19.1 Å². The highest BCUT2D eigenvalue weighted by Crippen LogP contribution is 2.51. The molecule has 2 aromatic carbocycles. The topological polar surface area (TPSA) is 66.4 Å². The molecule has 0 fully saturated rings. The van der Waals surface area contributed by atoms with Crippen LogP contribution < -0.4 is 5.32 Å². The van der Waals surface area contributed by atoms with Crippen LogP contribution in [0.15, 0.2) is 41.3 Å². The van der Waals surface area contributed by atoms with Crippen molar-refractivity contribution < 1.29 is 14.7 Å². The Hall–Kier alpha value is -2.27. The van der Waals surface area contributed by atoms with Crippen molar-refractivity contribution in [1.82, 2.24) is 0 Å². The van der Waals surface area contributed by atoms with Gasteiger partial charge in [0.05, 0.1) is 5.56 Å². The Morgan fingerprint density at radius 2 is 1.78 bits per heavy atom. The van der Waals surface area contributed by atoms with Gasteiger partial charge in [-0.3, -0.25) is 4.79 Å². The van der Waals surface area contributed by atoms with Gasteiger partial charge in [-0.25, -0.2) is 4.79 Å². The number of hydrogen-bond acceptors (Lipinski definition) is 3. The average molecular weight is 384 g/mol. The standard InChI is InChI=1S/C22H25NO3S/c1-13-10-14(6-8-16(13)20(25)26)19(24)23-15-7-9-18-17(11-15)21(2,3)12-22(4,5)27-18/h6-11H,12H2,1-5H3,(H,23,24)(H,25,26). The maximum absolute atomic E-state index is 12.6. The first-order chi connectivity index (χ1) is 12.5. The van der Waals surface area contributed by atoms with E-state index in [1.165, 1.54) is 16.5 Å². The molecule has 27 heavy (non-hydrogen) atoms. The smallest absolute Gasteiger partial charge is 0.335 e. The second kappa shape index (κ2) is 6.71. The average Bonchev–Trinajstić information content (AvgIpc) is 2.53. The lowest BCUT2D eigenvalue weighted by Crippen LogP contribution is -2.33. The lowest BCUT2D eigenvalue weighted by Gasteiger charge is -2.41. The first-order valence-electron chi connectivity index (χ1n) is 8.97. The fourth-order valence-corrected chi connectivity index (χ4v) is 5.58. The van der Waals surface area contributed by atoms with E-state index in [4.69, 9.17) is 5.11 Å². The number of amides is 1. The fraction of sp³-hybridized carbons (Fsp3) is 0.364. The number of anilines is 1. The maximum atomic E-state index is 12.6. The van der Waals surface area contributed by atoms with Gasteiger partial charge in [0, 0.05) is 20.9 Å². The van der Waals surface area contributed by atoms with Crippen molar-refractivity contribution in [3.63, 3.8) is 0 Å². The van der Waals surface area contributed by atoms with Crippen molar-refractivity contribution in [1.29, 1.82) is 0 Å². The van der Waals surface area contributed by atoms with Gasteiger partial charge in [-0.15, -0.1) is 11.8 Å². The molecule has 0 saturated heterocycles. The Kier molecular flexibility index (Phi) is 4.85. The van der Waals surface area contributed by atoms with E-state index in [1.807, 2.05) is 17.8 Å². The Bertz CT molecular complexity index is 931. The largest absolute Gasteiger partial charge is 0.478 e. The highest BCUT2D eigenvalue weighted by atomic mass is 32.2. The number of fused-ring (bicyclic) bond motifs is 1. The Morgan fingerprint density at radius 3 is 2.41 bits per heavy atom. The summed E-state index contributed by atoms with van der Waals surface area (Å²) in [5, 5.41) is 12.1. The molecule has 0 radical (unpaired) electrons. The molecular formula is C22H25NO3S. The van der Waals surface area contributed by atoms with Gasteiger partial charge in [0.25, 0.3) is 5.91 Å². The Labute approximate surface area is 164 Å². The zero-order valence-electron chi connectivity index (χ0n) is 16.3. The number of carbonyl (C=O) groups is 2. The summed E-state index contributed by atoms with van der Waals surface area (Å²) >= 11 is 1.88. The van der Waals surface area contributed by atoms with E-state index in [2.05, 4.69) is 45.1 Å².